The number of carbonyl (C=O) groups excluding carboxylic acids is 4. The monoisotopic (exact) mass is 551 g/mol. The largest absolute Gasteiger partial charge is 0.457 e. The second-order valence-corrected chi connectivity index (χ2v) is 11.3. The van der Waals surface area contributed by atoms with E-state index in [9.17, 15) is 19.2 Å². The quantitative estimate of drug-likeness (QED) is 0.465. The number of hydrogen-bond acceptors (Lipinski definition) is 7. The Hall–Kier alpha value is -3.53. The van der Waals surface area contributed by atoms with E-state index in [1.54, 1.807) is 6.92 Å². The lowest BCUT2D eigenvalue weighted by molar-refractivity contribution is -0.157. The van der Waals surface area contributed by atoms with Gasteiger partial charge in [0.25, 0.3) is 5.91 Å². The normalized spacial score (nSPS) is 26.1. The molecule has 40 heavy (non-hydrogen) atoms. The first kappa shape index (κ1) is 29.5. The maximum Gasteiger partial charge on any atom is 0.325 e. The predicted molar refractivity (Wildman–Crippen MR) is 151 cm³/mol. The number of ether oxygens (including phenoxy) is 1. The summed E-state index contributed by atoms with van der Waals surface area (Å²) < 4.78 is 5.81. The first-order valence-corrected chi connectivity index (χ1v) is 14.4. The number of cyclic esters (lactones) is 1. The molecular weight excluding hydrogens is 510 g/mol. The third-order valence-corrected chi connectivity index (χ3v) is 7.63. The fourth-order valence-electron chi connectivity index (χ4n) is 5.18. The molecule has 4 rings (SSSR count). The number of aromatic nitrogens is 1. The van der Waals surface area contributed by atoms with Crippen molar-refractivity contribution in [2.24, 2.45) is 5.92 Å². The molecule has 3 N–H and O–H groups in total. The number of nitrogens with one attached hydrogen (secondary N) is 3. The van der Waals surface area contributed by atoms with Gasteiger partial charge in [0.15, 0.2) is 0 Å². The van der Waals surface area contributed by atoms with E-state index in [1.807, 2.05) is 45.2 Å². The lowest BCUT2D eigenvalue weighted by Crippen LogP contribution is -2.61. The summed E-state index contributed by atoms with van der Waals surface area (Å²) in [5.74, 6) is -1.54. The van der Waals surface area contributed by atoms with Crippen molar-refractivity contribution in [1.29, 1.82) is 0 Å². The van der Waals surface area contributed by atoms with Gasteiger partial charge in [0, 0.05) is 30.2 Å². The van der Waals surface area contributed by atoms with Gasteiger partial charge in [-0.1, -0.05) is 32.4 Å². The Morgan fingerprint density at radius 3 is 2.50 bits per heavy atom. The van der Waals surface area contributed by atoms with Crippen LogP contribution >= 0.6 is 0 Å². The molecule has 0 spiro atoms. The molecule has 3 amide bonds. The van der Waals surface area contributed by atoms with Crippen molar-refractivity contribution in [3.8, 4) is 0 Å². The van der Waals surface area contributed by atoms with Gasteiger partial charge < -0.3 is 15.4 Å². The maximum atomic E-state index is 13.2. The second kappa shape index (κ2) is 13.2. The summed E-state index contributed by atoms with van der Waals surface area (Å²) in [7, 11) is 0. The molecule has 2 aromatic rings. The maximum absolute atomic E-state index is 13.2. The van der Waals surface area contributed by atoms with Gasteiger partial charge in [-0.25, -0.2) is 5.43 Å². The standard InChI is InChI=1S/C30H41N5O5/c1-18(2)27-28(37)32-19(3)29(38)35-14-8-10-25(34-35)30(39)40-20(4)21-12-13-22-17-31-24(16-23(22)15-21)9-6-5-7-11-26(36)33-27/h12-13,15-20,25,27,34H,5-11,14H2,1-4H3,(H,32,37)(H,33,36)/t19-,20+,25-,27-/m0/s1. The molecule has 5 bridgehead atoms. The third-order valence-electron chi connectivity index (χ3n) is 7.63. The number of rotatable bonds is 1. The summed E-state index contributed by atoms with van der Waals surface area (Å²) in [6, 6.07) is 5.73. The Morgan fingerprint density at radius 1 is 0.950 bits per heavy atom. The van der Waals surface area contributed by atoms with Crippen LogP contribution in [0.3, 0.4) is 0 Å². The van der Waals surface area contributed by atoms with Crippen LogP contribution in [0.2, 0.25) is 0 Å². The van der Waals surface area contributed by atoms with Crippen LogP contribution < -0.4 is 16.1 Å². The lowest BCUT2D eigenvalue weighted by Gasteiger charge is -2.35. The van der Waals surface area contributed by atoms with E-state index < -0.39 is 36.1 Å². The van der Waals surface area contributed by atoms with Crippen molar-refractivity contribution in [2.45, 2.75) is 96.9 Å². The minimum Gasteiger partial charge on any atom is -0.457 e. The number of carbonyl (C=O) groups is 4. The first-order chi connectivity index (χ1) is 19.1. The van der Waals surface area contributed by atoms with E-state index in [1.165, 1.54) is 5.01 Å². The Labute approximate surface area is 235 Å². The van der Waals surface area contributed by atoms with E-state index in [4.69, 9.17) is 4.74 Å². The number of pyridine rings is 1. The number of amides is 3. The third kappa shape index (κ3) is 7.35. The van der Waals surface area contributed by atoms with Gasteiger partial charge in [-0.05, 0) is 75.0 Å². The van der Waals surface area contributed by atoms with E-state index in [0.717, 1.165) is 41.3 Å². The highest BCUT2D eigenvalue weighted by Gasteiger charge is 2.33. The number of esters is 1. The fraction of sp³-hybridized carbons (Fsp3) is 0.567. The summed E-state index contributed by atoms with van der Waals surface area (Å²) in [5, 5.41) is 9.01. The fourth-order valence-corrected chi connectivity index (χ4v) is 5.18. The van der Waals surface area contributed by atoms with Crippen molar-refractivity contribution in [3.63, 3.8) is 0 Å². The van der Waals surface area contributed by atoms with E-state index in [0.29, 0.717) is 32.2 Å². The number of aryl methyl sites for hydroxylation is 1. The van der Waals surface area contributed by atoms with Crippen LogP contribution in [0, 0.1) is 5.92 Å². The molecule has 3 heterocycles. The minimum absolute atomic E-state index is 0.158. The highest BCUT2D eigenvalue weighted by Crippen LogP contribution is 2.24. The lowest BCUT2D eigenvalue weighted by atomic mass is 10.0. The zero-order valence-electron chi connectivity index (χ0n) is 23.9. The number of hydrogen-bond donors (Lipinski definition) is 3. The zero-order chi connectivity index (χ0) is 28.8. The second-order valence-electron chi connectivity index (χ2n) is 11.3. The molecule has 2 aliphatic heterocycles. The van der Waals surface area contributed by atoms with Crippen LogP contribution in [0.25, 0.3) is 10.8 Å². The van der Waals surface area contributed by atoms with Crippen LogP contribution in [0.4, 0.5) is 0 Å². The van der Waals surface area contributed by atoms with E-state index in [2.05, 4.69) is 27.1 Å². The van der Waals surface area contributed by atoms with Crippen LogP contribution in [-0.4, -0.2) is 58.4 Å². The number of fused-ring (bicyclic) bond motifs is 4. The molecule has 0 unspecified atom stereocenters. The predicted octanol–water partition coefficient (Wildman–Crippen LogP) is 3.10. The number of benzene rings is 1. The van der Waals surface area contributed by atoms with Crippen molar-refractivity contribution in [1.82, 2.24) is 26.1 Å². The van der Waals surface area contributed by atoms with Gasteiger partial charge in [0.2, 0.25) is 11.8 Å². The molecule has 4 atom stereocenters. The average molecular weight is 552 g/mol. The molecular formula is C30H41N5O5. The SMILES string of the molecule is CC(C)[C@@H]1NC(=O)CCCCCc2cc3cc(ccc3cn2)[C@@H](C)OC(=O)[C@@H]2CCCN(N2)C(=O)[C@H](C)NC1=O. The molecule has 1 aromatic heterocycles. The number of nitrogens with zero attached hydrogens (tertiary/aromatic N) is 2. The molecule has 2 aliphatic rings. The highest BCUT2D eigenvalue weighted by atomic mass is 16.5. The van der Waals surface area contributed by atoms with Crippen LogP contribution in [0.1, 0.15) is 83.6 Å². The van der Waals surface area contributed by atoms with Gasteiger partial charge in [0.1, 0.15) is 24.2 Å². The van der Waals surface area contributed by atoms with Gasteiger partial charge in [-0.3, -0.25) is 29.2 Å². The summed E-state index contributed by atoms with van der Waals surface area (Å²) in [5.41, 5.74) is 4.84. The van der Waals surface area contributed by atoms with Gasteiger partial charge in [-0.15, -0.1) is 0 Å². The summed E-state index contributed by atoms with van der Waals surface area (Å²) in [6.07, 6.45) is 6.09. The number of hydrazine groups is 1. The highest BCUT2D eigenvalue weighted by molar-refractivity contribution is 5.92. The smallest absolute Gasteiger partial charge is 0.325 e. The van der Waals surface area contributed by atoms with Gasteiger partial charge >= 0.3 is 5.97 Å². The Balaban J connectivity index is 1.55. The van der Waals surface area contributed by atoms with Crippen LogP contribution in [0.15, 0.2) is 30.5 Å². The molecule has 0 saturated carbocycles. The molecule has 1 aromatic carbocycles. The Kier molecular flexibility index (Phi) is 9.73. The molecule has 1 saturated heterocycles. The van der Waals surface area contributed by atoms with Crippen molar-refractivity contribution in [3.05, 3.63) is 41.7 Å². The molecule has 0 aliphatic carbocycles. The first-order valence-electron chi connectivity index (χ1n) is 14.4. The van der Waals surface area contributed by atoms with Crippen molar-refractivity contribution in [2.75, 3.05) is 6.54 Å². The summed E-state index contributed by atoms with van der Waals surface area (Å²) in [6.45, 7) is 7.56. The molecule has 216 valence electrons. The van der Waals surface area contributed by atoms with Crippen molar-refractivity contribution >= 4 is 34.5 Å². The van der Waals surface area contributed by atoms with Gasteiger partial charge in [0.05, 0.1) is 0 Å². The zero-order valence-corrected chi connectivity index (χ0v) is 23.9. The van der Waals surface area contributed by atoms with E-state index >= 15 is 0 Å². The molecule has 10 nitrogen and oxygen atoms in total. The summed E-state index contributed by atoms with van der Waals surface area (Å²) >= 11 is 0. The molecule has 0 radical (unpaired) electrons. The van der Waals surface area contributed by atoms with Crippen LogP contribution in [0.5, 0.6) is 0 Å². The van der Waals surface area contributed by atoms with Crippen molar-refractivity contribution < 1.29 is 23.9 Å². The Morgan fingerprint density at radius 2 is 1.73 bits per heavy atom. The summed E-state index contributed by atoms with van der Waals surface area (Å²) in [4.78, 5) is 56.5. The topological polar surface area (TPSA) is 130 Å². The Bertz CT molecular complexity index is 1250. The van der Waals surface area contributed by atoms with Gasteiger partial charge in [-0.2, -0.15) is 0 Å². The van der Waals surface area contributed by atoms with Crippen LogP contribution in [-0.2, 0) is 30.3 Å². The van der Waals surface area contributed by atoms with E-state index in [-0.39, 0.29) is 17.7 Å². The molecule has 1 fully saturated rings. The average Bonchev–Trinajstić information content (AvgIpc) is 2.94. The minimum atomic E-state index is -0.844. The molecule has 10 heteroatoms.